The first-order valence-electron chi connectivity index (χ1n) is 8.51. The van der Waals surface area contributed by atoms with Gasteiger partial charge in [0.1, 0.15) is 6.10 Å². The van der Waals surface area contributed by atoms with Gasteiger partial charge in [-0.25, -0.2) is 0 Å². The van der Waals surface area contributed by atoms with Crippen LogP contribution in [0.3, 0.4) is 0 Å². The summed E-state index contributed by atoms with van der Waals surface area (Å²) >= 11 is 0. The molecule has 0 aromatic heterocycles. The molecule has 0 spiro atoms. The Balaban J connectivity index is 1.52. The van der Waals surface area contributed by atoms with Gasteiger partial charge in [-0.15, -0.1) is 0 Å². The fourth-order valence-electron chi connectivity index (χ4n) is 3.26. The predicted octanol–water partition coefficient (Wildman–Crippen LogP) is 3.65. The van der Waals surface area contributed by atoms with Gasteiger partial charge in [0.05, 0.1) is 12.1 Å². The van der Waals surface area contributed by atoms with Crippen LogP contribution in [-0.4, -0.2) is 29.7 Å². The highest BCUT2D eigenvalue weighted by atomic mass is 19.3. The lowest BCUT2D eigenvalue weighted by molar-refractivity contribution is -0.151. The molecule has 6 heteroatoms. The molecule has 1 aliphatic carbocycles. The Morgan fingerprint density at radius 2 is 1.92 bits per heavy atom. The van der Waals surface area contributed by atoms with Crippen LogP contribution >= 0.6 is 0 Å². The Kier molecular flexibility index (Phi) is 5.11. The Morgan fingerprint density at radius 1 is 1.21 bits per heavy atom. The zero-order valence-corrected chi connectivity index (χ0v) is 13.5. The third-order valence-corrected chi connectivity index (χ3v) is 4.60. The van der Waals surface area contributed by atoms with E-state index >= 15 is 0 Å². The highest BCUT2D eigenvalue weighted by Gasteiger charge is 2.44. The van der Waals surface area contributed by atoms with E-state index in [1.54, 1.807) is 0 Å². The molecule has 1 unspecified atom stereocenters. The number of carbonyl (C=O) groups excluding carboxylic acids is 1. The fraction of sp³-hybridized carbons (Fsp3) is 0.556. The summed E-state index contributed by atoms with van der Waals surface area (Å²) in [6.45, 7) is 0. The standard InChI is InChI=1S/C18H22F2N2O2/c19-18(20,17(23)21-14-9-5-2-6-10-14)12-15-11-16(22-24-15)13-7-3-1-4-8-13/h1,3-4,7-8,14-15H,2,5-6,9-12H2,(H,21,23). The number of rotatable bonds is 5. The molecule has 1 N–H and O–H groups in total. The van der Waals surface area contributed by atoms with Crippen molar-refractivity contribution in [3.8, 4) is 0 Å². The van der Waals surface area contributed by atoms with Crippen molar-refractivity contribution in [1.29, 1.82) is 0 Å². The molecule has 1 aromatic carbocycles. The molecule has 2 aliphatic rings. The van der Waals surface area contributed by atoms with Crippen LogP contribution in [0.1, 0.15) is 50.5 Å². The summed E-state index contributed by atoms with van der Waals surface area (Å²) in [5.74, 6) is -4.63. The van der Waals surface area contributed by atoms with E-state index in [0.29, 0.717) is 5.71 Å². The first-order valence-corrected chi connectivity index (χ1v) is 8.51. The number of halogens is 2. The molecule has 1 atom stereocenters. The second-order valence-corrected chi connectivity index (χ2v) is 6.55. The molecule has 1 saturated carbocycles. The van der Waals surface area contributed by atoms with Crippen LogP contribution in [0.25, 0.3) is 0 Å². The molecule has 1 aliphatic heterocycles. The predicted molar refractivity (Wildman–Crippen MR) is 87.0 cm³/mol. The number of nitrogens with one attached hydrogen (secondary N) is 1. The lowest BCUT2D eigenvalue weighted by atomic mass is 9.95. The van der Waals surface area contributed by atoms with Crippen molar-refractivity contribution in [3.05, 3.63) is 35.9 Å². The average Bonchev–Trinajstić information content (AvgIpc) is 3.04. The van der Waals surface area contributed by atoms with Gasteiger partial charge in [0, 0.05) is 12.5 Å². The molecule has 0 bridgehead atoms. The largest absolute Gasteiger partial charge is 0.392 e. The maximum Gasteiger partial charge on any atom is 0.328 e. The summed E-state index contributed by atoms with van der Waals surface area (Å²) in [7, 11) is 0. The molecule has 0 radical (unpaired) electrons. The maximum absolute atomic E-state index is 14.2. The Labute approximate surface area is 140 Å². The summed E-state index contributed by atoms with van der Waals surface area (Å²) in [5, 5.41) is 6.39. The molecule has 1 fully saturated rings. The monoisotopic (exact) mass is 336 g/mol. The van der Waals surface area contributed by atoms with Gasteiger partial charge in [0.25, 0.3) is 5.91 Å². The van der Waals surface area contributed by atoms with E-state index in [1.807, 2.05) is 30.3 Å². The SMILES string of the molecule is O=C(NC1CCCCC1)C(F)(F)CC1CC(c2ccccc2)=NO1. The summed E-state index contributed by atoms with van der Waals surface area (Å²) < 4.78 is 28.4. The third-order valence-electron chi connectivity index (χ3n) is 4.60. The van der Waals surface area contributed by atoms with Gasteiger partial charge in [-0.1, -0.05) is 54.8 Å². The van der Waals surface area contributed by atoms with E-state index in [4.69, 9.17) is 4.84 Å². The molecule has 1 amide bonds. The van der Waals surface area contributed by atoms with Crippen LogP contribution in [-0.2, 0) is 9.63 Å². The normalized spacial score (nSPS) is 21.9. The molecule has 3 rings (SSSR count). The van der Waals surface area contributed by atoms with Gasteiger partial charge < -0.3 is 10.2 Å². The van der Waals surface area contributed by atoms with E-state index in [1.165, 1.54) is 0 Å². The average molecular weight is 336 g/mol. The van der Waals surface area contributed by atoms with Crippen molar-refractivity contribution >= 4 is 11.6 Å². The Morgan fingerprint density at radius 3 is 2.62 bits per heavy atom. The van der Waals surface area contributed by atoms with Crippen molar-refractivity contribution in [2.24, 2.45) is 5.16 Å². The van der Waals surface area contributed by atoms with E-state index in [-0.39, 0.29) is 12.5 Å². The molecular formula is C18H22F2N2O2. The first kappa shape index (κ1) is 16.9. The van der Waals surface area contributed by atoms with E-state index in [2.05, 4.69) is 10.5 Å². The number of hydrogen-bond donors (Lipinski definition) is 1. The van der Waals surface area contributed by atoms with E-state index in [9.17, 15) is 13.6 Å². The minimum absolute atomic E-state index is 0.127. The zero-order valence-electron chi connectivity index (χ0n) is 13.5. The fourth-order valence-corrected chi connectivity index (χ4v) is 3.26. The molecule has 4 nitrogen and oxygen atoms in total. The second-order valence-electron chi connectivity index (χ2n) is 6.55. The summed E-state index contributed by atoms with van der Waals surface area (Å²) in [6.07, 6.45) is 3.51. The Bertz CT molecular complexity index is 598. The minimum atomic E-state index is -3.44. The number of hydrogen-bond acceptors (Lipinski definition) is 3. The van der Waals surface area contributed by atoms with E-state index < -0.39 is 24.4 Å². The third kappa shape index (κ3) is 4.10. The highest BCUT2D eigenvalue weighted by molar-refractivity contribution is 6.01. The molecule has 1 aromatic rings. The molecule has 24 heavy (non-hydrogen) atoms. The molecule has 130 valence electrons. The Hall–Kier alpha value is -1.98. The van der Waals surface area contributed by atoms with Gasteiger partial charge in [-0.3, -0.25) is 4.79 Å². The first-order chi connectivity index (χ1) is 11.5. The van der Waals surface area contributed by atoms with Gasteiger partial charge in [0.2, 0.25) is 0 Å². The number of benzene rings is 1. The minimum Gasteiger partial charge on any atom is -0.392 e. The van der Waals surface area contributed by atoms with Crippen molar-refractivity contribution in [3.63, 3.8) is 0 Å². The molecule has 0 saturated heterocycles. The van der Waals surface area contributed by atoms with Gasteiger partial charge >= 0.3 is 5.92 Å². The van der Waals surface area contributed by atoms with Crippen LogP contribution in [0.2, 0.25) is 0 Å². The second kappa shape index (κ2) is 7.28. The van der Waals surface area contributed by atoms with Crippen LogP contribution in [0.4, 0.5) is 8.78 Å². The number of oxime groups is 1. The molecule has 1 heterocycles. The van der Waals surface area contributed by atoms with Crippen LogP contribution in [0.5, 0.6) is 0 Å². The number of nitrogens with zero attached hydrogens (tertiary/aromatic N) is 1. The number of carbonyl (C=O) groups is 1. The van der Waals surface area contributed by atoms with Gasteiger partial charge in [-0.2, -0.15) is 8.78 Å². The van der Waals surface area contributed by atoms with Crippen molar-refractivity contribution < 1.29 is 18.4 Å². The van der Waals surface area contributed by atoms with Crippen molar-refractivity contribution in [2.45, 2.75) is 63.0 Å². The maximum atomic E-state index is 14.2. The van der Waals surface area contributed by atoms with Crippen LogP contribution < -0.4 is 5.32 Å². The number of amides is 1. The lowest BCUT2D eigenvalue weighted by Crippen LogP contribution is -2.47. The van der Waals surface area contributed by atoms with Crippen molar-refractivity contribution in [2.75, 3.05) is 0 Å². The van der Waals surface area contributed by atoms with E-state index in [0.717, 1.165) is 37.7 Å². The van der Waals surface area contributed by atoms with Gasteiger partial charge in [-0.05, 0) is 18.4 Å². The molecular weight excluding hydrogens is 314 g/mol. The summed E-state index contributed by atoms with van der Waals surface area (Å²) in [6, 6.07) is 9.19. The van der Waals surface area contributed by atoms with Crippen molar-refractivity contribution in [1.82, 2.24) is 5.32 Å². The van der Waals surface area contributed by atoms with Crippen LogP contribution in [0, 0.1) is 0 Å². The quantitative estimate of drug-likeness (QED) is 0.892. The van der Waals surface area contributed by atoms with Crippen LogP contribution in [0.15, 0.2) is 35.5 Å². The topological polar surface area (TPSA) is 50.7 Å². The number of alkyl halides is 2. The smallest absolute Gasteiger partial charge is 0.328 e. The zero-order chi connectivity index (χ0) is 17.0. The summed E-state index contributed by atoms with van der Waals surface area (Å²) in [4.78, 5) is 17.0. The highest BCUT2D eigenvalue weighted by Crippen LogP contribution is 2.29. The summed E-state index contributed by atoms with van der Waals surface area (Å²) in [5.41, 5.74) is 1.50. The van der Waals surface area contributed by atoms with Gasteiger partial charge in [0.15, 0.2) is 0 Å². The lowest BCUT2D eigenvalue weighted by Gasteiger charge is -2.26.